The van der Waals surface area contributed by atoms with E-state index in [9.17, 15) is 14.7 Å². The van der Waals surface area contributed by atoms with Gasteiger partial charge in [-0.2, -0.15) is 0 Å². The van der Waals surface area contributed by atoms with Crippen LogP contribution in [0.4, 0.5) is 0 Å². The second kappa shape index (κ2) is 8.17. The van der Waals surface area contributed by atoms with Crippen LogP contribution in [0.2, 0.25) is 0 Å². The van der Waals surface area contributed by atoms with Crippen molar-refractivity contribution in [3.63, 3.8) is 0 Å². The number of esters is 1. The predicted molar refractivity (Wildman–Crippen MR) is 106 cm³/mol. The molecule has 0 saturated heterocycles. The van der Waals surface area contributed by atoms with Crippen LogP contribution in [0.15, 0.2) is 60.7 Å². The summed E-state index contributed by atoms with van der Waals surface area (Å²) in [6, 6.07) is 19.1. The highest BCUT2D eigenvalue weighted by Crippen LogP contribution is 2.58. The maximum Gasteiger partial charge on any atom is 0.310 e. The summed E-state index contributed by atoms with van der Waals surface area (Å²) in [6.45, 7) is 0. The standard InChI is InChI=1S/C24H26O4/c25-23(26)21-19(16-10-4-1-5-11-16)22(20(21)17-12-6-2-7-13-17)24(27)28-18-14-8-3-9-15-18/h1-2,4-7,10-13,18-22H,3,8-9,14-15H2,(H,25,26). The van der Waals surface area contributed by atoms with Gasteiger partial charge in [0.15, 0.2) is 0 Å². The first-order valence-corrected chi connectivity index (χ1v) is 10.2. The van der Waals surface area contributed by atoms with Crippen LogP contribution < -0.4 is 0 Å². The maximum atomic E-state index is 13.2. The predicted octanol–water partition coefficient (Wildman–Crippen LogP) is 4.76. The third-order valence-electron chi connectivity index (χ3n) is 6.31. The summed E-state index contributed by atoms with van der Waals surface area (Å²) in [5, 5.41) is 9.97. The zero-order valence-electron chi connectivity index (χ0n) is 15.9. The van der Waals surface area contributed by atoms with E-state index in [1.165, 1.54) is 6.42 Å². The average Bonchev–Trinajstić information content (AvgIpc) is 2.69. The van der Waals surface area contributed by atoms with Crippen molar-refractivity contribution in [1.82, 2.24) is 0 Å². The second-order valence-corrected chi connectivity index (χ2v) is 7.96. The van der Waals surface area contributed by atoms with Gasteiger partial charge in [-0.15, -0.1) is 0 Å². The first kappa shape index (κ1) is 18.7. The molecule has 4 heteroatoms. The molecule has 1 N–H and O–H groups in total. The second-order valence-electron chi connectivity index (χ2n) is 7.96. The molecule has 2 aromatic carbocycles. The van der Waals surface area contributed by atoms with Crippen molar-refractivity contribution in [3.05, 3.63) is 71.8 Å². The summed E-state index contributed by atoms with van der Waals surface area (Å²) >= 11 is 0. The Hall–Kier alpha value is -2.62. The van der Waals surface area contributed by atoms with Crippen LogP contribution in [-0.2, 0) is 14.3 Å². The number of ether oxygens (including phenoxy) is 1. The average molecular weight is 378 g/mol. The van der Waals surface area contributed by atoms with Crippen LogP contribution in [0, 0.1) is 11.8 Å². The minimum atomic E-state index is -0.857. The minimum absolute atomic E-state index is 0.0297. The Morgan fingerprint density at radius 3 is 1.71 bits per heavy atom. The number of rotatable bonds is 5. The van der Waals surface area contributed by atoms with E-state index in [-0.39, 0.29) is 23.9 Å². The van der Waals surface area contributed by atoms with Gasteiger partial charge in [-0.05, 0) is 36.8 Å². The molecule has 0 aromatic heterocycles. The number of hydrogen-bond donors (Lipinski definition) is 1. The normalized spacial score (nSPS) is 27.6. The molecule has 4 nitrogen and oxygen atoms in total. The number of benzene rings is 2. The Morgan fingerprint density at radius 2 is 1.25 bits per heavy atom. The molecule has 4 rings (SSSR count). The molecule has 0 radical (unpaired) electrons. The van der Waals surface area contributed by atoms with E-state index in [1.54, 1.807) is 0 Å². The highest BCUT2D eigenvalue weighted by Gasteiger charge is 2.59. The van der Waals surface area contributed by atoms with Crippen molar-refractivity contribution in [2.75, 3.05) is 0 Å². The first-order valence-electron chi connectivity index (χ1n) is 10.2. The van der Waals surface area contributed by atoms with Gasteiger partial charge in [0.1, 0.15) is 6.10 Å². The van der Waals surface area contributed by atoms with Crippen molar-refractivity contribution >= 4 is 11.9 Å². The highest BCUT2D eigenvalue weighted by atomic mass is 16.5. The molecule has 2 unspecified atom stereocenters. The number of carboxylic acids is 1. The fourth-order valence-corrected chi connectivity index (χ4v) is 4.95. The lowest BCUT2D eigenvalue weighted by Gasteiger charge is -2.49. The van der Waals surface area contributed by atoms with E-state index in [0.717, 1.165) is 36.8 Å². The zero-order chi connectivity index (χ0) is 19.5. The van der Waals surface area contributed by atoms with E-state index in [2.05, 4.69) is 0 Å². The summed E-state index contributed by atoms with van der Waals surface area (Å²) < 4.78 is 5.89. The third-order valence-corrected chi connectivity index (χ3v) is 6.31. The monoisotopic (exact) mass is 378 g/mol. The van der Waals surface area contributed by atoms with Crippen molar-refractivity contribution < 1.29 is 19.4 Å². The minimum Gasteiger partial charge on any atom is -0.481 e. The van der Waals surface area contributed by atoms with Crippen molar-refractivity contribution in [3.8, 4) is 0 Å². The van der Waals surface area contributed by atoms with Gasteiger partial charge in [0.2, 0.25) is 0 Å². The van der Waals surface area contributed by atoms with E-state index in [1.807, 2.05) is 60.7 Å². The van der Waals surface area contributed by atoms with Crippen LogP contribution in [0.3, 0.4) is 0 Å². The molecule has 2 saturated carbocycles. The first-order chi connectivity index (χ1) is 13.7. The van der Waals surface area contributed by atoms with E-state index >= 15 is 0 Å². The van der Waals surface area contributed by atoms with Gasteiger partial charge in [-0.25, -0.2) is 0 Å². The zero-order valence-corrected chi connectivity index (χ0v) is 15.9. The van der Waals surface area contributed by atoms with Crippen molar-refractivity contribution in [2.45, 2.75) is 50.0 Å². The molecule has 2 atom stereocenters. The lowest BCUT2D eigenvalue weighted by molar-refractivity contribution is -0.169. The Balaban J connectivity index is 1.66. The third kappa shape index (κ3) is 3.56. The summed E-state index contributed by atoms with van der Waals surface area (Å²) in [7, 11) is 0. The molecule has 2 fully saturated rings. The molecule has 28 heavy (non-hydrogen) atoms. The Bertz CT molecular complexity index is 764. The molecule has 2 aliphatic rings. The Labute approximate surface area is 165 Å². The fourth-order valence-electron chi connectivity index (χ4n) is 4.95. The van der Waals surface area contributed by atoms with Crippen molar-refractivity contribution in [1.29, 1.82) is 0 Å². The summed E-state index contributed by atoms with van der Waals surface area (Å²) in [5.41, 5.74) is 1.79. The summed E-state index contributed by atoms with van der Waals surface area (Å²) in [4.78, 5) is 25.4. The Kier molecular flexibility index (Phi) is 5.47. The van der Waals surface area contributed by atoms with Gasteiger partial charge >= 0.3 is 11.9 Å². The van der Waals surface area contributed by atoms with Crippen LogP contribution in [0.1, 0.15) is 55.1 Å². The lowest BCUT2D eigenvalue weighted by Crippen LogP contribution is -2.52. The molecule has 0 bridgehead atoms. The summed E-state index contributed by atoms with van der Waals surface area (Å²) in [5.74, 6) is -2.92. The topological polar surface area (TPSA) is 63.6 Å². The van der Waals surface area contributed by atoms with E-state index in [0.29, 0.717) is 0 Å². The molecular weight excluding hydrogens is 352 g/mol. The van der Waals surface area contributed by atoms with Gasteiger partial charge in [0.05, 0.1) is 11.8 Å². The van der Waals surface area contributed by atoms with Crippen LogP contribution in [0.25, 0.3) is 0 Å². The van der Waals surface area contributed by atoms with Crippen LogP contribution in [-0.4, -0.2) is 23.1 Å². The number of aliphatic carboxylic acids is 1. The van der Waals surface area contributed by atoms with Gasteiger partial charge in [0, 0.05) is 11.8 Å². The molecule has 0 heterocycles. The molecule has 2 aromatic rings. The SMILES string of the molecule is O=C(O)C1C(c2ccccc2)C(C(=O)OC2CCCCC2)C1c1ccccc1. The number of carbonyl (C=O) groups is 2. The van der Waals surface area contributed by atoms with Gasteiger partial charge < -0.3 is 9.84 Å². The smallest absolute Gasteiger partial charge is 0.310 e. The van der Waals surface area contributed by atoms with Crippen LogP contribution in [0.5, 0.6) is 0 Å². The van der Waals surface area contributed by atoms with Gasteiger partial charge in [0.25, 0.3) is 0 Å². The van der Waals surface area contributed by atoms with Gasteiger partial charge in [-0.1, -0.05) is 67.1 Å². The molecule has 146 valence electrons. The molecule has 2 aliphatic carbocycles. The largest absolute Gasteiger partial charge is 0.481 e. The van der Waals surface area contributed by atoms with E-state index < -0.39 is 17.8 Å². The van der Waals surface area contributed by atoms with Gasteiger partial charge in [-0.3, -0.25) is 9.59 Å². The molecule has 0 amide bonds. The summed E-state index contributed by atoms with van der Waals surface area (Å²) in [6.07, 6.45) is 5.16. The number of carbonyl (C=O) groups excluding carboxylic acids is 1. The van der Waals surface area contributed by atoms with E-state index in [4.69, 9.17) is 4.74 Å². The quantitative estimate of drug-likeness (QED) is 0.762. The fraction of sp³-hybridized carbons (Fsp3) is 0.417. The molecular formula is C24H26O4. The number of carboxylic acid groups (broad SMARTS) is 1. The molecule has 0 aliphatic heterocycles. The number of hydrogen-bond acceptors (Lipinski definition) is 3. The maximum absolute atomic E-state index is 13.2. The molecule has 0 spiro atoms. The van der Waals surface area contributed by atoms with Crippen LogP contribution >= 0.6 is 0 Å². The lowest BCUT2D eigenvalue weighted by atomic mass is 9.52. The van der Waals surface area contributed by atoms with Crippen molar-refractivity contribution in [2.24, 2.45) is 11.8 Å². The Morgan fingerprint density at radius 1 is 0.750 bits per heavy atom. The highest BCUT2D eigenvalue weighted by molar-refractivity contribution is 5.84.